The highest BCUT2D eigenvalue weighted by Crippen LogP contribution is 2.14. The predicted molar refractivity (Wildman–Crippen MR) is 116 cm³/mol. The van der Waals surface area contributed by atoms with Crippen molar-refractivity contribution in [2.45, 2.75) is 24.9 Å². The maximum absolute atomic E-state index is 13.3. The van der Waals surface area contributed by atoms with Gasteiger partial charge in [0.25, 0.3) is 11.5 Å². The number of nitrogens with zero attached hydrogens (tertiary/aromatic N) is 1. The number of rotatable bonds is 9. The van der Waals surface area contributed by atoms with Crippen molar-refractivity contribution in [3.05, 3.63) is 107 Å². The number of amides is 2. The van der Waals surface area contributed by atoms with E-state index in [1.54, 1.807) is 36.4 Å². The van der Waals surface area contributed by atoms with Crippen molar-refractivity contribution >= 4 is 17.6 Å². The maximum Gasteiger partial charge on any atom is 0.287 e. The molecule has 0 aliphatic carbocycles. The number of ketones is 1. The number of aromatic nitrogens is 1. The Morgan fingerprint density at radius 2 is 1.35 bits per heavy atom. The van der Waals surface area contributed by atoms with E-state index in [1.165, 1.54) is 16.8 Å². The molecule has 0 fully saturated rings. The Balaban J connectivity index is 1.90. The zero-order chi connectivity index (χ0) is 22.2. The summed E-state index contributed by atoms with van der Waals surface area (Å²) < 4.78 is 1.32. The van der Waals surface area contributed by atoms with Gasteiger partial charge in [-0.25, -0.2) is 0 Å². The van der Waals surface area contributed by atoms with Crippen LogP contribution in [0.15, 0.2) is 89.9 Å². The van der Waals surface area contributed by atoms with Crippen molar-refractivity contribution in [1.82, 2.24) is 9.88 Å². The Bertz CT molecular complexity index is 1110. The lowest BCUT2D eigenvalue weighted by atomic mass is 10.00. The first-order valence-corrected chi connectivity index (χ1v) is 9.84. The van der Waals surface area contributed by atoms with E-state index < -0.39 is 29.7 Å². The second-order valence-electron chi connectivity index (χ2n) is 7.13. The third-order valence-electron chi connectivity index (χ3n) is 4.92. The van der Waals surface area contributed by atoms with Gasteiger partial charge in [-0.05, 0) is 17.2 Å². The fraction of sp³-hybridized carbons (Fsp3) is 0.167. The molecule has 7 nitrogen and oxygen atoms in total. The Labute approximate surface area is 179 Å². The number of benzene rings is 2. The normalized spacial score (nSPS) is 12.5. The van der Waals surface area contributed by atoms with E-state index in [-0.39, 0.29) is 18.4 Å². The first-order chi connectivity index (χ1) is 15.0. The summed E-state index contributed by atoms with van der Waals surface area (Å²) >= 11 is 0. The molecule has 2 aromatic carbocycles. The molecular formula is C24H23N3O4. The van der Waals surface area contributed by atoms with Gasteiger partial charge < -0.3 is 15.6 Å². The molecule has 158 valence electrons. The molecule has 0 radical (unpaired) electrons. The largest absolute Gasteiger partial charge is 0.363 e. The number of hydrogen-bond donors (Lipinski definition) is 2. The third kappa shape index (κ3) is 5.76. The molecular weight excluding hydrogens is 394 g/mol. The standard InChI is InChI=1S/C24H23N3O4/c25-23(30)22(29)19(15-17-9-3-1-4-10-17)26-24(31)20(16-18-11-5-2-6-12-18)27-14-8-7-13-21(27)28/h1-14,19-20H,15-16H2,(H2,25,30)(H,26,31). The molecule has 0 aliphatic rings. The lowest BCUT2D eigenvalue weighted by Gasteiger charge is -2.23. The molecule has 3 N–H and O–H groups in total. The Kier molecular flexibility index (Phi) is 7.11. The van der Waals surface area contributed by atoms with Crippen LogP contribution in [0.5, 0.6) is 0 Å². The first-order valence-electron chi connectivity index (χ1n) is 9.84. The molecule has 0 saturated heterocycles. The SMILES string of the molecule is NC(=O)C(=O)C(Cc1ccccc1)NC(=O)C(Cc1ccccc1)n1ccccc1=O. The van der Waals surface area contributed by atoms with Gasteiger partial charge in [-0.3, -0.25) is 19.2 Å². The summed E-state index contributed by atoms with van der Waals surface area (Å²) in [6.45, 7) is 0. The number of carbonyl (C=O) groups is 3. The highest BCUT2D eigenvalue weighted by molar-refractivity contribution is 6.37. The fourth-order valence-electron chi connectivity index (χ4n) is 3.35. The van der Waals surface area contributed by atoms with E-state index in [4.69, 9.17) is 5.73 Å². The molecule has 0 aliphatic heterocycles. The van der Waals surface area contributed by atoms with Gasteiger partial charge in [0.05, 0.1) is 0 Å². The number of Topliss-reactive ketones (excluding diaryl/α,β-unsaturated/α-hetero) is 1. The minimum absolute atomic E-state index is 0.107. The van der Waals surface area contributed by atoms with Crippen molar-refractivity contribution in [3.63, 3.8) is 0 Å². The first kappa shape index (κ1) is 21.7. The average molecular weight is 417 g/mol. The second kappa shape index (κ2) is 10.2. The zero-order valence-electron chi connectivity index (χ0n) is 16.8. The van der Waals surface area contributed by atoms with Gasteiger partial charge in [0.15, 0.2) is 0 Å². The number of hydrogen-bond acceptors (Lipinski definition) is 4. The molecule has 2 atom stereocenters. The number of carbonyl (C=O) groups excluding carboxylic acids is 3. The molecule has 0 saturated carbocycles. The van der Waals surface area contributed by atoms with Crippen LogP contribution < -0.4 is 16.6 Å². The zero-order valence-corrected chi connectivity index (χ0v) is 16.8. The van der Waals surface area contributed by atoms with Gasteiger partial charge in [-0.1, -0.05) is 66.7 Å². The van der Waals surface area contributed by atoms with Gasteiger partial charge in [0.1, 0.15) is 12.1 Å². The van der Waals surface area contributed by atoms with Crippen molar-refractivity contribution in [1.29, 1.82) is 0 Å². The minimum atomic E-state index is -1.13. The number of nitrogens with two attached hydrogens (primary N) is 1. The molecule has 0 bridgehead atoms. The lowest BCUT2D eigenvalue weighted by Crippen LogP contribution is -2.50. The van der Waals surface area contributed by atoms with Gasteiger partial charge in [0.2, 0.25) is 11.7 Å². The molecule has 7 heteroatoms. The van der Waals surface area contributed by atoms with Gasteiger partial charge in [0, 0.05) is 25.1 Å². The summed E-state index contributed by atoms with van der Waals surface area (Å²) in [7, 11) is 0. The fourth-order valence-corrected chi connectivity index (χ4v) is 3.35. The van der Waals surface area contributed by atoms with Crippen LogP contribution in [0.3, 0.4) is 0 Å². The molecule has 2 amide bonds. The van der Waals surface area contributed by atoms with Crippen molar-refractivity contribution in [2.75, 3.05) is 0 Å². The van der Waals surface area contributed by atoms with Gasteiger partial charge in [-0.2, -0.15) is 0 Å². The van der Waals surface area contributed by atoms with Crippen molar-refractivity contribution in [3.8, 4) is 0 Å². The highest BCUT2D eigenvalue weighted by atomic mass is 16.2. The lowest BCUT2D eigenvalue weighted by molar-refractivity contribution is -0.138. The van der Waals surface area contributed by atoms with E-state index in [0.29, 0.717) is 0 Å². The molecule has 1 aromatic heterocycles. The van der Waals surface area contributed by atoms with Gasteiger partial charge >= 0.3 is 0 Å². The Morgan fingerprint density at radius 1 is 0.806 bits per heavy atom. The number of nitrogens with one attached hydrogen (secondary N) is 1. The van der Waals surface area contributed by atoms with Crippen LogP contribution in [0.1, 0.15) is 17.2 Å². The summed E-state index contributed by atoms with van der Waals surface area (Å²) in [5, 5.41) is 2.64. The number of primary amides is 1. The predicted octanol–water partition coefficient (Wildman–Crippen LogP) is 1.41. The molecule has 1 heterocycles. The maximum atomic E-state index is 13.3. The van der Waals surface area contributed by atoms with Crippen LogP contribution in [0.2, 0.25) is 0 Å². The summed E-state index contributed by atoms with van der Waals surface area (Å²) in [5.74, 6) is -2.57. The van der Waals surface area contributed by atoms with Crippen LogP contribution in [0.4, 0.5) is 0 Å². The van der Waals surface area contributed by atoms with Crippen molar-refractivity contribution in [2.24, 2.45) is 5.73 Å². The summed E-state index contributed by atoms with van der Waals surface area (Å²) in [5.41, 5.74) is 6.47. The van der Waals surface area contributed by atoms with Crippen LogP contribution >= 0.6 is 0 Å². The van der Waals surface area contributed by atoms with E-state index >= 15 is 0 Å². The Hall–Kier alpha value is -4.00. The van der Waals surface area contributed by atoms with Gasteiger partial charge in [-0.15, -0.1) is 0 Å². The summed E-state index contributed by atoms with van der Waals surface area (Å²) in [6, 6.07) is 20.8. The molecule has 31 heavy (non-hydrogen) atoms. The molecule has 2 unspecified atom stereocenters. The van der Waals surface area contributed by atoms with Crippen molar-refractivity contribution < 1.29 is 14.4 Å². The van der Waals surface area contributed by atoms with Crippen LogP contribution in [0.25, 0.3) is 0 Å². The van der Waals surface area contributed by atoms with E-state index in [9.17, 15) is 19.2 Å². The van der Waals surface area contributed by atoms with Crippen LogP contribution in [-0.2, 0) is 27.2 Å². The quantitative estimate of drug-likeness (QED) is 0.513. The van der Waals surface area contributed by atoms with Crippen LogP contribution in [0, 0.1) is 0 Å². The topological polar surface area (TPSA) is 111 Å². The third-order valence-corrected chi connectivity index (χ3v) is 4.92. The minimum Gasteiger partial charge on any atom is -0.363 e. The highest BCUT2D eigenvalue weighted by Gasteiger charge is 2.29. The molecule has 3 rings (SSSR count). The van der Waals surface area contributed by atoms with E-state index in [0.717, 1.165) is 11.1 Å². The van der Waals surface area contributed by atoms with E-state index in [1.807, 2.05) is 36.4 Å². The Morgan fingerprint density at radius 3 is 1.90 bits per heavy atom. The summed E-state index contributed by atoms with van der Waals surface area (Å²) in [4.78, 5) is 49.6. The smallest absolute Gasteiger partial charge is 0.287 e. The monoisotopic (exact) mass is 417 g/mol. The molecule has 0 spiro atoms. The second-order valence-corrected chi connectivity index (χ2v) is 7.13. The average Bonchev–Trinajstić information content (AvgIpc) is 2.78. The van der Waals surface area contributed by atoms with E-state index in [2.05, 4.69) is 5.32 Å². The van der Waals surface area contributed by atoms with Crippen LogP contribution in [-0.4, -0.2) is 28.2 Å². The molecule has 3 aromatic rings. The number of pyridine rings is 1. The summed E-state index contributed by atoms with van der Waals surface area (Å²) in [6.07, 6.45) is 1.87.